The van der Waals surface area contributed by atoms with Crippen LogP contribution in [-0.2, 0) is 0 Å². The third kappa shape index (κ3) is 9.12. The van der Waals surface area contributed by atoms with Gasteiger partial charge in [0.1, 0.15) is 0 Å². The first kappa shape index (κ1) is 11.1. The Bertz CT molecular complexity index is 134. The first-order valence-corrected chi connectivity index (χ1v) is 4.78. The normalized spacial score (nSPS) is 8.83. The fourth-order valence-corrected chi connectivity index (χ4v) is 1.16. The summed E-state index contributed by atoms with van der Waals surface area (Å²) in [5.74, 6) is 5.30. The summed E-state index contributed by atoms with van der Waals surface area (Å²) in [7, 11) is 0. The second-order valence-electron chi connectivity index (χ2n) is 3.03. The number of terminal acetylenes is 2. The lowest BCUT2D eigenvalue weighted by Gasteiger charge is -1.97. The smallest absolute Gasteiger partial charge is 0.00860 e. The van der Waals surface area contributed by atoms with Crippen molar-refractivity contribution in [3.8, 4) is 24.7 Å². The van der Waals surface area contributed by atoms with Crippen LogP contribution >= 0.6 is 0 Å². The van der Waals surface area contributed by atoms with Gasteiger partial charge >= 0.3 is 0 Å². The molecule has 0 atom stereocenters. The minimum absolute atomic E-state index is 0.935. The molecule has 0 aliphatic heterocycles. The molecule has 0 heterocycles. The Kier molecular flexibility index (Phi) is 9.38. The highest BCUT2D eigenvalue weighted by molar-refractivity contribution is 4.83. The lowest BCUT2D eigenvalue weighted by Crippen LogP contribution is -1.79. The molecule has 0 aromatic rings. The Morgan fingerprint density at radius 1 is 0.583 bits per heavy atom. The number of hydrogen-bond acceptors (Lipinski definition) is 0. The van der Waals surface area contributed by atoms with E-state index in [0.29, 0.717) is 0 Å². The largest absolute Gasteiger partial charge is 0.120 e. The molecule has 0 amide bonds. The van der Waals surface area contributed by atoms with Crippen molar-refractivity contribution in [2.75, 3.05) is 0 Å². The molecule has 0 saturated heterocycles. The summed E-state index contributed by atoms with van der Waals surface area (Å²) >= 11 is 0. The molecule has 0 fully saturated rings. The minimum Gasteiger partial charge on any atom is -0.120 e. The van der Waals surface area contributed by atoms with Gasteiger partial charge in [0.15, 0.2) is 0 Å². The van der Waals surface area contributed by atoms with Crippen molar-refractivity contribution in [3.63, 3.8) is 0 Å². The molecule has 0 aliphatic rings. The van der Waals surface area contributed by atoms with E-state index in [1.807, 2.05) is 0 Å². The Hall–Kier alpha value is -0.880. The van der Waals surface area contributed by atoms with E-state index in [9.17, 15) is 0 Å². The van der Waals surface area contributed by atoms with E-state index < -0.39 is 0 Å². The van der Waals surface area contributed by atoms with Crippen LogP contribution in [0.3, 0.4) is 0 Å². The van der Waals surface area contributed by atoms with Crippen molar-refractivity contribution in [1.29, 1.82) is 0 Å². The second kappa shape index (κ2) is 10.1. The van der Waals surface area contributed by atoms with Crippen molar-refractivity contribution >= 4 is 0 Å². The van der Waals surface area contributed by atoms with Crippen LogP contribution in [0.25, 0.3) is 0 Å². The van der Waals surface area contributed by atoms with Gasteiger partial charge in [-0.25, -0.2) is 0 Å². The fourth-order valence-electron chi connectivity index (χ4n) is 1.16. The van der Waals surface area contributed by atoms with E-state index >= 15 is 0 Å². The summed E-state index contributed by atoms with van der Waals surface area (Å²) in [4.78, 5) is 0. The number of unbranched alkanes of at least 4 members (excludes halogenated alkanes) is 7. The lowest BCUT2D eigenvalue weighted by molar-refractivity contribution is 0.604. The fraction of sp³-hybridized carbons (Fsp3) is 0.667. The summed E-state index contributed by atoms with van der Waals surface area (Å²) in [6.07, 6.45) is 19.7. The van der Waals surface area contributed by atoms with Crippen molar-refractivity contribution in [2.45, 2.75) is 51.4 Å². The van der Waals surface area contributed by atoms with Crippen LogP contribution in [0.2, 0.25) is 0 Å². The number of hydrogen-bond donors (Lipinski definition) is 0. The lowest BCUT2D eigenvalue weighted by atomic mass is 10.1. The molecule has 66 valence electrons. The average molecular weight is 162 g/mol. The summed E-state index contributed by atoms with van der Waals surface area (Å²) in [5.41, 5.74) is 0. The quantitative estimate of drug-likeness (QED) is 0.397. The molecule has 0 aromatic carbocycles. The molecule has 0 unspecified atom stereocenters. The Morgan fingerprint density at radius 2 is 0.917 bits per heavy atom. The van der Waals surface area contributed by atoms with Crippen LogP contribution < -0.4 is 0 Å². The molecule has 0 nitrogen and oxygen atoms in total. The maximum Gasteiger partial charge on any atom is 0.00860 e. The molecule has 0 heteroatoms. The van der Waals surface area contributed by atoms with E-state index in [-0.39, 0.29) is 0 Å². The molecule has 0 rings (SSSR count). The monoisotopic (exact) mass is 162 g/mol. The Morgan fingerprint density at radius 3 is 1.25 bits per heavy atom. The first-order valence-electron chi connectivity index (χ1n) is 4.78. The average Bonchev–Trinajstić information content (AvgIpc) is 2.10. The molecular formula is C12H18. The maximum atomic E-state index is 5.14. The highest BCUT2D eigenvalue weighted by atomic mass is 13.9. The zero-order valence-corrected chi connectivity index (χ0v) is 7.81. The topological polar surface area (TPSA) is 0 Å². The van der Waals surface area contributed by atoms with Crippen LogP contribution in [0.15, 0.2) is 0 Å². The van der Waals surface area contributed by atoms with Gasteiger partial charge in [0.25, 0.3) is 0 Å². The predicted molar refractivity (Wildman–Crippen MR) is 54.6 cm³/mol. The summed E-state index contributed by atoms with van der Waals surface area (Å²) in [5, 5.41) is 0. The maximum absolute atomic E-state index is 5.14. The summed E-state index contributed by atoms with van der Waals surface area (Å²) in [6.45, 7) is 0. The van der Waals surface area contributed by atoms with Crippen LogP contribution in [0.5, 0.6) is 0 Å². The molecule has 0 aliphatic carbocycles. The van der Waals surface area contributed by atoms with Crippen LogP contribution in [0.1, 0.15) is 51.4 Å². The van der Waals surface area contributed by atoms with Crippen molar-refractivity contribution in [3.05, 3.63) is 0 Å². The van der Waals surface area contributed by atoms with Gasteiger partial charge < -0.3 is 0 Å². The first-order chi connectivity index (χ1) is 5.91. The van der Waals surface area contributed by atoms with Gasteiger partial charge in [0.05, 0.1) is 0 Å². The molecule has 0 N–H and O–H groups in total. The summed E-state index contributed by atoms with van der Waals surface area (Å²) in [6, 6.07) is 0. The van der Waals surface area contributed by atoms with Crippen LogP contribution in [0, 0.1) is 24.7 Å². The highest BCUT2D eigenvalue weighted by Crippen LogP contribution is 2.07. The van der Waals surface area contributed by atoms with E-state index in [4.69, 9.17) is 12.8 Å². The van der Waals surface area contributed by atoms with E-state index in [2.05, 4.69) is 11.8 Å². The molecule has 0 saturated carbocycles. The van der Waals surface area contributed by atoms with Crippen molar-refractivity contribution < 1.29 is 0 Å². The van der Waals surface area contributed by atoms with Gasteiger partial charge in [-0.05, 0) is 12.8 Å². The standard InChI is InChI=1S/C12H18/c1-3-5-7-9-11-12-10-8-6-4-2/h1-2H,5-12H2. The van der Waals surface area contributed by atoms with Gasteiger partial charge in [0.2, 0.25) is 0 Å². The Balaban J connectivity index is 2.84. The second-order valence-corrected chi connectivity index (χ2v) is 3.03. The zero-order chi connectivity index (χ0) is 9.07. The van der Waals surface area contributed by atoms with Gasteiger partial charge in [-0.1, -0.05) is 25.7 Å². The van der Waals surface area contributed by atoms with Gasteiger partial charge in [-0.3, -0.25) is 0 Å². The molecular weight excluding hydrogens is 144 g/mol. The van der Waals surface area contributed by atoms with Gasteiger partial charge in [-0.2, -0.15) is 0 Å². The van der Waals surface area contributed by atoms with Crippen LogP contribution in [-0.4, -0.2) is 0 Å². The molecule has 12 heavy (non-hydrogen) atoms. The number of rotatable bonds is 7. The molecule has 0 bridgehead atoms. The van der Waals surface area contributed by atoms with Crippen molar-refractivity contribution in [1.82, 2.24) is 0 Å². The van der Waals surface area contributed by atoms with E-state index in [1.165, 1.54) is 38.5 Å². The zero-order valence-electron chi connectivity index (χ0n) is 7.81. The molecule has 0 spiro atoms. The third-order valence-corrected chi connectivity index (χ3v) is 1.89. The van der Waals surface area contributed by atoms with E-state index in [0.717, 1.165) is 12.8 Å². The van der Waals surface area contributed by atoms with Gasteiger partial charge in [0, 0.05) is 12.8 Å². The van der Waals surface area contributed by atoms with E-state index in [1.54, 1.807) is 0 Å². The van der Waals surface area contributed by atoms with Gasteiger partial charge in [-0.15, -0.1) is 24.7 Å². The Labute approximate surface area is 76.8 Å². The third-order valence-electron chi connectivity index (χ3n) is 1.89. The SMILES string of the molecule is C#CCCCCCCCCC#C. The highest BCUT2D eigenvalue weighted by Gasteiger charge is 1.89. The minimum atomic E-state index is 0.935. The molecule has 0 aromatic heterocycles. The van der Waals surface area contributed by atoms with Crippen molar-refractivity contribution in [2.24, 2.45) is 0 Å². The summed E-state index contributed by atoms with van der Waals surface area (Å²) < 4.78 is 0. The molecule has 0 radical (unpaired) electrons. The predicted octanol–water partition coefficient (Wildman–Crippen LogP) is 3.37. The van der Waals surface area contributed by atoms with Crippen LogP contribution in [0.4, 0.5) is 0 Å².